The first-order valence-corrected chi connectivity index (χ1v) is 41.2. The zero-order chi connectivity index (χ0) is 72.5. The van der Waals surface area contributed by atoms with Gasteiger partial charge in [-0.15, -0.1) is 0 Å². The lowest BCUT2D eigenvalue weighted by molar-refractivity contribution is -0.379. The lowest BCUT2D eigenvalue weighted by Gasteiger charge is -2.48. The molecule has 19 heteroatoms. The maximum absolute atomic E-state index is 13.5. The van der Waals surface area contributed by atoms with Crippen LogP contribution in [0.3, 0.4) is 0 Å². The third-order valence-corrected chi connectivity index (χ3v) is 20.7. The Bertz CT molecular complexity index is 1950. The quantitative estimate of drug-likeness (QED) is 0.0199. The van der Waals surface area contributed by atoms with Gasteiger partial charge in [0.05, 0.1) is 38.6 Å². The van der Waals surface area contributed by atoms with Gasteiger partial charge in [0.2, 0.25) is 5.91 Å². The molecule has 0 radical (unpaired) electrons. The lowest BCUT2D eigenvalue weighted by Crippen LogP contribution is -2.66. The molecule has 100 heavy (non-hydrogen) atoms. The number of hydrogen-bond acceptors (Lipinski definition) is 18. The van der Waals surface area contributed by atoms with E-state index in [0.717, 1.165) is 51.4 Å². The van der Waals surface area contributed by atoms with E-state index in [4.69, 9.17) is 28.4 Å². The van der Waals surface area contributed by atoms with Crippen LogP contribution < -0.4 is 5.32 Å². The van der Waals surface area contributed by atoms with Crippen molar-refractivity contribution in [3.8, 4) is 0 Å². The number of allylic oxidation sites excluding steroid dienone is 5. The molecule has 0 aromatic heterocycles. The molecule has 12 N–H and O–H groups in total. The molecule has 1 amide bonds. The third-order valence-electron chi connectivity index (χ3n) is 20.7. The number of carbonyl (C=O) groups excluding carboxylic acids is 1. The van der Waals surface area contributed by atoms with Crippen molar-refractivity contribution < 1.29 is 89.4 Å². The number of unbranched alkanes of at least 4 members (excludes halogenated alkanes) is 46. The summed E-state index contributed by atoms with van der Waals surface area (Å²) in [6.07, 6.45) is 49.9. The van der Waals surface area contributed by atoms with Crippen molar-refractivity contribution in [1.82, 2.24) is 5.32 Å². The van der Waals surface area contributed by atoms with Crippen LogP contribution in [0.5, 0.6) is 0 Å². The minimum absolute atomic E-state index is 0.245. The first-order valence-electron chi connectivity index (χ1n) is 41.2. The Morgan fingerprint density at radius 1 is 0.360 bits per heavy atom. The van der Waals surface area contributed by atoms with E-state index in [9.17, 15) is 61.0 Å². The number of carbonyl (C=O) groups is 1. The molecule has 0 aromatic rings. The fourth-order valence-corrected chi connectivity index (χ4v) is 14.1. The van der Waals surface area contributed by atoms with Gasteiger partial charge in [0, 0.05) is 6.42 Å². The summed E-state index contributed by atoms with van der Waals surface area (Å²) < 4.78 is 34.5. The summed E-state index contributed by atoms with van der Waals surface area (Å²) in [6, 6.07) is -0.974. The molecule has 3 fully saturated rings. The van der Waals surface area contributed by atoms with Crippen molar-refractivity contribution in [3.63, 3.8) is 0 Å². The van der Waals surface area contributed by atoms with Gasteiger partial charge in [0.1, 0.15) is 73.2 Å². The molecule has 0 aromatic carbocycles. The van der Waals surface area contributed by atoms with Crippen molar-refractivity contribution in [2.75, 3.05) is 26.4 Å². The Hall–Kier alpha value is -1.99. The van der Waals surface area contributed by atoms with Gasteiger partial charge < -0.3 is 89.9 Å². The van der Waals surface area contributed by atoms with E-state index < -0.39 is 124 Å². The zero-order valence-electron chi connectivity index (χ0n) is 62.9. The van der Waals surface area contributed by atoms with Crippen LogP contribution >= 0.6 is 0 Å². The summed E-state index contributed by atoms with van der Waals surface area (Å²) in [5, 5.41) is 121. The van der Waals surface area contributed by atoms with Gasteiger partial charge >= 0.3 is 0 Å². The monoisotopic (exact) mass is 1430 g/mol. The average molecular weight is 1430 g/mol. The van der Waals surface area contributed by atoms with Gasteiger partial charge in [0.25, 0.3) is 0 Å². The molecule has 3 saturated heterocycles. The zero-order valence-corrected chi connectivity index (χ0v) is 62.9. The minimum Gasteiger partial charge on any atom is -0.394 e. The highest BCUT2D eigenvalue weighted by atomic mass is 16.8. The van der Waals surface area contributed by atoms with Crippen molar-refractivity contribution >= 4 is 5.91 Å². The molecule has 0 saturated carbocycles. The van der Waals surface area contributed by atoms with Crippen molar-refractivity contribution in [1.29, 1.82) is 0 Å². The van der Waals surface area contributed by atoms with Crippen LogP contribution in [0.25, 0.3) is 0 Å². The maximum Gasteiger partial charge on any atom is 0.220 e. The molecule has 0 aliphatic carbocycles. The predicted octanol–water partition coefficient (Wildman–Crippen LogP) is 13.9. The fraction of sp³-hybridized carbons (Fsp3) is 0.914. The Labute approximate surface area is 606 Å². The lowest BCUT2D eigenvalue weighted by atomic mass is 9.96. The molecular formula is C81H151NO18. The van der Waals surface area contributed by atoms with Crippen LogP contribution in [0.1, 0.15) is 341 Å². The number of rotatable bonds is 66. The van der Waals surface area contributed by atoms with E-state index in [1.54, 1.807) is 6.08 Å². The van der Waals surface area contributed by atoms with Gasteiger partial charge in [-0.2, -0.15) is 0 Å². The van der Waals surface area contributed by atoms with Crippen LogP contribution in [0.15, 0.2) is 36.5 Å². The summed E-state index contributed by atoms with van der Waals surface area (Å²) in [5.41, 5.74) is 0. The molecule has 17 unspecified atom stereocenters. The Morgan fingerprint density at radius 2 is 0.660 bits per heavy atom. The average Bonchev–Trinajstić information content (AvgIpc) is 0.783. The first-order chi connectivity index (χ1) is 48.8. The topological polar surface area (TPSA) is 307 Å². The van der Waals surface area contributed by atoms with E-state index >= 15 is 0 Å². The molecule has 3 heterocycles. The summed E-state index contributed by atoms with van der Waals surface area (Å²) in [6.45, 7) is 1.78. The van der Waals surface area contributed by atoms with Gasteiger partial charge in [0.15, 0.2) is 18.9 Å². The molecule has 588 valence electrons. The third kappa shape index (κ3) is 41.8. The summed E-state index contributed by atoms with van der Waals surface area (Å²) in [7, 11) is 0. The Kier molecular flexibility index (Phi) is 57.3. The number of hydrogen-bond donors (Lipinski definition) is 12. The SMILES string of the molecule is CCCCCCC/C=C\C/C=C\CCCCCCCCCCCCCCCCCC(=O)NC(COC1OC(CO)C(OC2OC(CO)C(OC3OC(CO)C(O)C(O)C3O)C(O)C2O)C(O)C1O)C(O)/C=C/CCCCCCCCCCCCCCCCCCCCCCCCCCCC. The molecular weight excluding hydrogens is 1270 g/mol. The summed E-state index contributed by atoms with van der Waals surface area (Å²) in [4.78, 5) is 13.5. The normalized spacial score (nSPS) is 26.6. The number of amides is 1. The van der Waals surface area contributed by atoms with Crippen LogP contribution in [0, 0.1) is 0 Å². The van der Waals surface area contributed by atoms with Crippen LogP contribution in [0.2, 0.25) is 0 Å². The minimum atomic E-state index is -1.98. The second-order valence-electron chi connectivity index (χ2n) is 29.6. The number of aliphatic hydroxyl groups is 11. The van der Waals surface area contributed by atoms with E-state index in [0.29, 0.717) is 6.42 Å². The van der Waals surface area contributed by atoms with Crippen LogP contribution in [-0.4, -0.2) is 193 Å². The second kappa shape index (κ2) is 62.1. The molecule has 3 aliphatic heterocycles. The van der Waals surface area contributed by atoms with Gasteiger partial charge in [-0.05, 0) is 51.4 Å². The Balaban J connectivity index is 1.37. The van der Waals surface area contributed by atoms with Crippen molar-refractivity contribution in [2.45, 2.75) is 446 Å². The fourth-order valence-electron chi connectivity index (χ4n) is 14.1. The number of aliphatic hydroxyl groups excluding tert-OH is 11. The highest BCUT2D eigenvalue weighted by molar-refractivity contribution is 5.76. The van der Waals surface area contributed by atoms with Crippen molar-refractivity contribution in [2.24, 2.45) is 0 Å². The smallest absolute Gasteiger partial charge is 0.220 e. The Morgan fingerprint density at radius 3 is 1.02 bits per heavy atom. The second-order valence-corrected chi connectivity index (χ2v) is 29.6. The van der Waals surface area contributed by atoms with Crippen LogP contribution in [0.4, 0.5) is 0 Å². The first kappa shape index (κ1) is 92.2. The van der Waals surface area contributed by atoms with E-state index in [1.807, 2.05) is 6.08 Å². The van der Waals surface area contributed by atoms with Crippen LogP contribution in [-0.2, 0) is 33.2 Å². The number of ether oxygens (including phenoxy) is 6. The van der Waals surface area contributed by atoms with E-state index in [-0.39, 0.29) is 18.9 Å². The molecule has 0 spiro atoms. The predicted molar refractivity (Wildman–Crippen MR) is 397 cm³/mol. The largest absolute Gasteiger partial charge is 0.394 e. The van der Waals surface area contributed by atoms with Crippen molar-refractivity contribution in [3.05, 3.63) is 36.5 Å². The maximum atomic E-state index is 13.5. The highest BCUT2D eigenvalue weighted by Gasteiger charge is 2.54. The molecule has 0 bridgehead atoms. The number of nitrogens with one attached hydrogen (secondary N) is 1. The molecule has 19 nitrogen and oxygen atoms in total. The molecule has 17 atom stereocenters. The summed E-state index contributed by atoms with van der Waals surface area (Å²) >= 11 is 0. The van der Waals surface area contributed by atoms with Gasteiger partial charge in [-0.3, -0.25) is 4.79 Å². The van der Waals surface area contributed by atoms with E-state index in [1.165, 1.54) is 263 Å². The van der Waals surface area contributed by atoms with Gasteiger partial charge in [-0.25, -0.2) is 0 Å². The summed E-state index contributed by atoms with van der Waals surface area (Å²) in [5.74, 6) is -0.270. The standard InChI is InChI=1S/C81H151NO18/c1-3-5-7-9-11-13-15-17-19-21-23-25-27-29-31-33-34-36-38-40-42-44-46-48-50-52-54-56-58-65(86)64(82-69(87)59-57-55-53-51-49-47-45-43-41-39-37-35-32-30-28-26-24-22-20-18-16-14-12-10-8-6-4-2)63-95-79-75(93)72(90)77(67(61-84)97-79)100-81-76(94)73(91)78(68(62-85)98-81)99-80-74(92)71(89)70(88)66(60-83)96-80/h16,18,22,24,56,58,64-68,70-81,83-86,88-94H,3-15,17,19-21,23,25-55,57,59-63H2,1-2H3,(H,82,87)/b18-16-,24-22-,58-56+. The molecule has 3 rings (SSSR count). The highest BCUT2D eigenvalue weighted by Crippen LogP contribution is 2.33. The molecule has 3 aliphatic rings. The van der Waals surface area contributed by atoms with Gasteiger partial charge in [-0.1, -0.05) is 320 Å². The van der Waals surface area contributed by atoms with E-state index in [2.05, 4.69) is 43.5 Å².